The van der Waals surface area contributed by atoms with Crippen molar-refractivity contribution < 1.29 is 30.6 Å². The lowest BCUT2D eigenvalue weighted by Crippen LogP contribution is -2.30. The summed E-state index contributed by atoms with van der Waals surface area (Å²) >= 11 is 0. The van der Waals surface area contributed by atoms with Gasteiger partial charge in [0.25, 0.3) is 0 Å². The molecule has 9 heteroatoms. The molecule has 0 bridgehead atoms. The van der Waals surface area contributed by atoms with Gasteiger partial charge in [-0.2, -0.15) is 21.6 Å². The van der Waals surface area contributed by atoms with E-state index in [1.165, 1.54) is 32.0 Å². The van der Waals surface area contributed by atoms with E-state index in [9.17, 15) is 26.4 Å². The van der Waals surface area contributed by atoms with Crippen molar-refractivity contribution in [1.82, 2.24) is 0 Å². The molecule has 1 aromatic rings. The molecule has 1 aliphatic heterocycles. The van der Waals surface area contributed by atoms with Crippen LogP contribution in [0, 0.1) is 0 Å². The average molecular weight is 367 g/mol. The molecule has 0 spiro atoms. The fourth-order valence-corrected chi connectivity index (χ4v) is 2.56. The summed E-state index contributed by atoms with van der Waals surface area (Å²) in [4.78, 5) is 9.44. The number of hydrogen-bond donors (Lipinski definition) is 1. The number of fused-ring (bicyclic) bond motifs is 1. The number of nitrogens with one attached hydrogen (secondary N) is 1. The number of carbonyl (C=O) groups excluding carboxylic acids is 1. The Kier molecular flexibility index (Phi) is 5.91. The van der Waals surface area contributed by atoms with E-state index < -0.39 is 15.6 Å². The molecule has 0 saturated heterocycles. The Morgan fingerprint density at radius 2 is 1.79 bits per heavy atom. The predicted octanol–water partition coefficient (Wildman–Crippen LogP) is 3.60. The van der Waals surface area contributed by atoms with E-state index in [1.807, 2.05) is 13.8 Å². The van der Waals surface area contributed by atoms with Crippen LogP contribution in [0.3, 0.4) is 0 Å². The summed E-state index contributed by atoms with van der Waals surface area (Å²) in [6, 6.07) is 4.07. The Hall–Kier alpha value is -1.77. The van der Waals surface area contributed by atoms with Crippen molar-refractivity contribution in [3.8, 4) is 5.75 Å². The van der Waals surface area contributed by atoms with Crippen LogP contribution in [0.5, 0.6) is 5.75 Å². The van der Waals surface area contributed by atoms with E-state index in [4.69, 9.17) is 0 Å². The molecular weight excluding hydrogens is 347 g/mol. The van der Waals surface area contributed by atoms with Crippen LogP contribution in [0.25, 0.3) is 0 Å². The van der Waals surface area contributed by atoms with Crippen molar-refractivity contribution in [3.05, 3.63) is 23.8 Å². The number of benzene rings is 1. The smallest absolute Gasteiger partial charge is 0.385 e. The van der Waals surface area contributed by atoms with Crippen molar-refractivity contribution in [3.63, 3.8) is 0 Å². The van der Waals surface area contributed by atoms with E-state index in [0.717, 1.165) is 24.2 Å². The second kappa shape index (κ2) is 7.00. The van der Waals surface area contributed by atoms with E-state index >= 15 is 0 Å². The van der Waals surface area contributed by atoms with Crippen molar-refractivity contribution in [1.29, 1.82) is 0 Å². The van der Waals surface area contributed by atoms with Gasteiger partial charge in [-0.3, -0.25) is 0 Å². The number of rotatable bonds is 2. The van der Waals surface area contributed by atoms with Crippen molar-refractivity contribution in [2.24, 2.45) is 0 Å². The van der Waals surface area contributed by atoms with E-state index in [0.29, 0.717) is 0 Å². The number of ketones is 1. The highest BCUT2D eigenvalue weighted by atomic mass is 32.2. The highest BCUT2D eigenvalue weighted by Crippen LogP contribution is 2.39. The van der Waals surface area contributed by atoms with Crippen molar-refractivity contribution >= 4 is 21.6 Å². The highest BCUT2D eigenvalue weighted by molar-refractivity contribution is 7.88. The molecule has 2 rings (SSSR count). The minimum absolute atomic E-state index is 0.167. The minimum Gasteiger partial charge on any atom is -0.385 e. The van der Waals surface area contributed by atoms with Gasteiger partial charge in [0.2, 0.25) is 0 Å². The van der Waals surface area contributed by atoms with Crippen molar-refractivity contribution in [2.75, 3.05) is 11.9 Å². The third-order valence-corrected chi connectivity index (χ3v) is 4.25. The summed E-state index contributed by atoms with van der Waals surface area (Å²) in [5.41, 5.74) is -4.19. The maximum atomic E-state index is 12.3. The zero-order valence-electron chi connectivity index (χ0n) is 13.8. The Balaban J connectivity index is 0.000000648. The quantitative estimate of drug-likeness (QED) is 0.639. The second-order valence-corrected chi connectivity index (χ2v) is 7.70. The molecule has 1 aromatic carbocycles. The highest BCUT2D eigenvalue weighted by Gasteiger charge is 2.48. The van der Waals surface area contributed by atoms with Gasteiger partial charge >= 0.3 is 15.6 Å². The lowest BCUT2D eigenvalue weighted by molar-refractivity contribution is -0.115. The maximum Gasteiger partial charge on any atom is 0.534 e. The molecule has 24 heavy (non-hydrogen) atoms. The fourth-order valence-electron chi connectivity index (χ4n) is 2.11. The first-order valence-electron chi connectivity index (χ1n) is 7.12. The predicted molar refractivity (Wildman–Crippen MR) is 84.5 cm³/mol. The standard InChI is InChI=1S/C12H14F3NO3S.C3H6O/c1-11(2)5-6-16-10-4-3-8(7-9(10)11)19-20(17,18)12(13,14)15;1-3(2)4/h3-4,7,16H,5-6H2,1-2H3;1-2H3. The zero-order chi connectivity index (χ0) is 18.8. The first-order valence-corrected chi connectivity index (χ1v) is 8.53. The molecule has 1 aliphatic rings. The average Bonchev–Trinajstić information content (AvgIpc) is 2.37. The van der Waals surface area contributed by atoms with Gasteiger partial charge in [0, 0.05) is 12.2 Å². The number of Topliss-reactive ketones (excluding diaryl/α,β-unsaturated/α-hetero) is 1. The normalized spacial score (nSPS) is 16.1. The second-order valence-electron chi connectivity index (χ2n) is 6.16. The number of alkyl halides is 3. The summed E-state index contributed by atoms with van der Waals surface area (Å²) in [7, 11) is -5.64. The van der Waals surface area contributed by atoms with Crippen LogP contribution in [-0.4, -0.2) is 26.3 Å². The van der Waals surface area contributed by atoms with Gasteiger partial charge in [0.1, 0.15) is 11.5 Å². The monoisotopic (exact) mass is 367 g/mol. The zero-order valence-corrected chi connectivity index (χ0v) is 14.6. The van der Waals surface area contributed by atoms with Crippen LogP contribution in [0.1, 0.15) is 39.7 Å². The molecule has 0 amide bonds. The molecular formula is C15H20F3NO4S. The van der Waals surface area contributed by atoms with Gasteiger partial charge in [0.05, 0.1) is 0 Å². The molecule has 0 unspecified atom stereocenters. The van der Waals surface area contributed by atoms with Crippen LogP contribution in [-0.2, 0) is 20.3 Å². The van der Waals surface area contributed by atoms with Gasteiger partial charge in [-0.15, -0.1) is 0 Å². The van der Waals surface area contributed by atoms with Crippen LogP contribution < -0.4 is 9.50 Å². The molecule has 1 N–H and O–H groups in total. The molecule has 0 radical (unpaired) electrons. The molecule has 0 atom stereocenters. The minimum atomic E-state index is -5.64. The molecule has 1 heterocycles. The number of anilines is 1. The Morgan fingerprint density at radius 3 is 2.29 bits per heavy atom. The van der Waals surface area contributed by atoms with E-state index in [1.54, 1.807) is 0 Å². The summed E-state index contributed by atoms with van der Waals surface area (Å²) in [5.74, 6) is -0.169. The van der Waals surface area contributed by atoms with Crippen LogP contribution in [0.15, 0.2) is 18.2 Å². The Morgan fingerprint density at radius 1 is 1.25 bits per heavy atom. The summed E-state index contributed by atoms with van der Waals surface area (Å²) < 4.78 is 63.0. The molecule has 5 nitrogen and oxygen atoms in total. The lowest BCUT2D eigenvalue weighted by Gasteiger charge is -2.33. The van der Waals surface area contributed by atoms with Crippen molar-refractivity contribution in [2.45, 2.75) is 45.0 Å². The number of hydrogen-bond acceptors (Lipinski definition) is 5. The van der Waals surface area contributed by atoms with Crippen LogP contribution >= 0.6 is 0 Å². The van der Waals surface area contributed by atoms with Gasteiger partial charge in [-0.25, -0.2) is 0 Å². The number of carbonyl (C=O) groups is 1. The Bertz CT molecular complexity index is 708. The van der Waals surface area contributed by atoms with Gasteiger partial charge in [-0.1, -0.05) is 13.8 Å². The topological polar surface area (TPSA) is 72.5 Å². The van der Waals surface area contributed by atoms with E-state index in [2.05, 4.69) is 9.50 Å². The third kappa shape index (κ3) is 5.12. The molecule has 0 fully saturated rings. The Labute approximate surface area is 139 Å². The molecule has 0 saturated carbocycles. The first-order chi connectivity index (χ1) is 10.8. The van der Waals surface area contributed by atoms with E-state index in [-0.39, 0.29) is 16.9 Å². The lowest BCUT2D eigenvalue weighted by atomic mass is 9.78. The first kappa shape index (κ1) is 20.3. The third-order valence-electron chi connectivity index (χ3n) is 3.28. The largest absolute Gasteiger partial charge is 0.534 e. The SMILES string of the molecule is CC(C)=O.CC1(C)CCNc2ccc(OS(=O)(=O)C(F)(F)F)cc21. The summed E-state index contributed by atoms with van der Waals surface area (Å²) in [6.07, 6.45) is 0.787. The maximum absolute atomic E-state index is 12.3. The summed E-state index contributed by atoms with van der Waals surface area (Å²) in [6.45, 7) is 7.68. The van der Waals surface area contributed by atoms with Gasteiger partial charge in [-0.05, 0) is 49.4 Å². The summed E-state index contributed by atoms with van der Waals surface area (Å²) in [5, 5.41) is 3.11. The van der Waals surface area contributed by atoms with Crippen LogP contribution in [0.4, 0.5) is 18.9 Å². The molecule has 136 valence electrons. The molecule has 0 aliphatic carbocycles. The van der Waals surface area contributed by atoms with Gasteiger partial charge < -0.3 is 14.3 Å². The van der Waals surface area contributed by atoms with Crippen LogP contribution in [0.2, 0.25) is 0 Å². The fraction of sp³-hybridized carbons (Fsp3) is 0.533. The number of halogens is 3. The molecule has 0 aromatic heterocycles. The van der Waals surface area contributed by atoms with Gasteiger partial charge in [0.15, 0.2) is 0 Å².